The van der Waals surface area contributed by atoms with Gasteiger partial charge in [-0.25, -0.2) is 0 Å². The molecule has 2 rings (SSSR count). The molecule has 16 heavy (non-hydrogen) atoms. The van der Waals surface area contributed by atoms with Gasteiger partial charge in [-0.2, -0.15) is 0 Å². The lowest BCUT2D eigenvalue weighted by molar-refractivity contribution is -0.134. The Balaban J connectivity index is 1.98. The third-order valence-corrected chi connectivity index (χ3v) is 2.94. The van der Waals surface area contributed by atoms with E-state index in [9.17, 15) is 4.79 Å². The van der Waals surface area contributed by atoms with Gasteiger partial charge < -0.3 is 4.90 Å². The molecule has 0 spiro atoms. The van der Waals surface area contributed by atoms with Gasteiger partial charge in [0.1, 0.15) is 0 Å². The molecule has 0 unspecified atom stereocenters. The molecule has 0 saturated carbocycles. The fraction of sp³-hybridized carbons (Fsp3) is 0.455. The highest BCUT2D eigenvalue weighted by molar-refractivity contribution is 6.30. The molecule has 86 valence electrons. The number of likely N-dealkylation sites (N-methyl/N-ethyl adjacent to an activating group) is 1. The van der Waals surface area contributed by atoms with E-state index in [0.717, 1.165) is 18.8 Å². The number of hydrogen-bond acceptors (Lipinski definition) is 3. The van der Waals surface area contributed by atoms with Crippen molar-refractivity contribution in [3.8, 4) is 0 Å². The van der Waals surface area contributed by atoms with Crippen LogP contribution in [0.3, 0.4) is 0 Å². The van der Waals surface area contributed by atoms with E-state index < -0.39 is 0 Å². The topological polar surface area (TPSA) is 36.4 Å². The normalized spacial score (nSPS) is 17.9. The zero-order valence-electron chi connectivity index (χ0n) is 9.19. The number of nitrogens with zero attached hydrogens (tertiary/aromatic N) is 3. The van der Waals surface area contributed by atoms with Crippen LogP contribution < -0.4 is 0 Å². The lowest BCUT2D eigenvalue weighted by Crippen LogP contribution is -2.48. The van der Waals surface area contributed by atoms with Crippen molar-refractivity contribution >= 4 is 17.5 Å². The molecule has 2 heterocycles. The van der Waals surface area contributed by atoms with Gasteiger partial charge in [-0.05, 0) is 12.1 Å². The Morgan fingerprint density at radius 1 is 1.50 bits per heavy atom. The second kappa shape index (κ2) is 4.80. The maximum Gasteiger partial charge on any atom is 0.236 e. The van der Waals surface area contributed by atoms with E-state index in [0.29, 0.717) is 18.1 Å². The van der Waals surface area contributed by atoms with E-state index in [4.69, 9.17) is 11.6 Å². The number of carbonyl (C=O) groups excluding carboxylic acids is 1. The fourth-order valence-corrected chi connectivity index (χ4v) is 1.89. The van der Waals surface area contributed by atoms with Crippen LogP contribution in [0.4, 0.5) is 0 Å². The van der Waals surface area contributed by atoms with Crippen LogP contribution in [-0.2, 0) is 11.3 Å². The summed E-state index contributed by atoms with van der Waals surface area (Å²) in [4.78, 5) is 19.6. The Kier molecular flexibility index (Phi) is 3.41. The van der Waals surface area contributed by atoms with Crippen LogP contribution in [0.1, 0.15) is 5.69 Å². The first-order valence-electron chi connectivity index (χ1n) is 5.22. The summed E-state index contributed by atoms with van der Waals surface area (Å²) < 4.78 is 0. The van der Waals surface area contributed by atoms with Gasteiger partial charge >= 0.3 is 0 Å². The number of aromatic nitrogens is 1. The van der Waals surface area contributed by atoms with E-state index >= 15 is 0 Å². The molecule has 0 N–H and O–H groups in total. The van der Waals surface area contributed by atoms with Crippen LogP contribution in [0.2, 0.25) is 5.02 Å². The molecule has 1 aliphatic heterocycles. The van der Waals surface area contributed by atoms with Gasteiger partial charge in [-0.1, -0.05) is 11.6 Å². The molecule has 0 aromatic carbocycles. The Bertz CT molecular complexity index is 397. The fourth-order valence-electron chi connectivity index (χ4n) is 1.71. The van der Waals surface area contributed by atoms with Crippen molar-refractivity contribution in [2.45, 2.75) is 6.54 Å². The molecule has 0 atom stereocenters. The van der Waals surface area contributed by atoms with Gasteiger partial charge in [0.05, 0.1) is 12.2 Å². The lowest BCUT2D eigenvalue weighted by Gasteiger charge is -2.31. The van der Waals surface area contributed by atoms with Crippen molar-refractivity contribution in [1.29, 1.82) is 0 Å². The second-order valence-corrected chi connectivity index (χ2v) is 4.43. The van der Waals surface area contributed by atoms with Crippen molar-refractivity contribution in [1.82, 2.24) is 14.8 Å². The predicted octanol–water partition coefficient (Wildman–Crippen LogP) is 1.01. The quantitative estimate of drug-likeness (QED) is 0.773. The molecule has 1 amide bonds. The molecule has 0 bridgehead atoms. The summed E-state index contributed by atoms with van der Waals surface area (Å²) in [5.41, 5.74) is 0.907. The molecule has 1 saturated heterocycles. The minimum Gasteiger partial charge on any atom is -0.343 e. The maximum atomic E-state index is 11.5. The minimum absolute atomic E-state index is 0.160. The van der Waals surface area contributed by atoms with Gasteiger partial charge in [-0.3, -0.25) is 14.7 Å². The summed E-state index contributed by atoms with van der Waals surface area (Å²) in [6, 6.07) is 3.59. The number of piperazine rings is 1. The third kappa shape index (κ3) is 2.71. The zero-order valence-corrected chi connectivity index (χ0v) is 9.94. The standard InChI is InChI=1S/C11H14ClN3O/c1-14-4-5-15(8-11(14)16)7-10-6-9(12)2-3-13-10/h2-3,6H,4-5,7-8H2,1H3. The van der Waals surface area contributed by atoms with Gasteiger partial charge in [0.25, 0.3) is 0 Å². The van der Waals surface area contributed by atoms with E-state index in [1.807, 2.05) is 13.1 Å². The Morgan fingerprint density at radius 3 is 3.00 bits per heavy atom. The summed E-state index contributed by atoms with van der Waals surface area (Å²) in [6.07, 6.45) is 1.69. The van der Waals surface area contributed by atoms with Gasteiger partial charge in [0.2, 0.25) is 5.91 Å². The van der Waals surface area contributed by atoms with E-state index in [2.05, 4.69) is 9.88 Å². The summed E-state index contributed by atoms with van der Waals surface area (Å²) in [5, 5.41) is 0.686. The maximum absolute atomic E-state index is 11.5. The molecule has 5 heteroatoms. The van der Waals surface area contributed by atoms with Crippen LogP contribution in [0.15, 0.2) is 18.3 Å². The SMILES string of the molecule is CN1CCN(Cc2cc(Cl)ccn2)CC1=O. The van der Waals surface area contributed by atoms with Crippen molar-refractivity contribution in [3.05, 3.63) is 29.0 Å². The predicted molar refractivity (Wildman–Crippen MR) is 62.2 cm³/mol. The van der Waals surface area contributed by atoms with Gasteiger partial charge in [0.15, 0.2) is 0 Å². The number of halogens is 1. The minimum atomic E-state index is 0.160. The number of pyridine rings is 1. The first-order chi connectivity index (χ1) is 7.65. The summed E-state index contributed by atoms with van der Waals surface area (Å²) in [5.74, 6) is 0.160. The Labute approximate surface area is 99.8 Å². The van der Waals surface area contributed by atoms with Crippen LogP contribution in [-0.4, -0.2) is 47.4 Å². The number of hydrogen-bond donors (Lipinski definition) is 0. The summed E-state index contributed by atoms with van der Waals surface area (Å²) >= 11 is 5.88. The zero-order chi connectivity index (χ0) is 11.5. The molecular weight excluding hydrogens is 226 g/mol. The number of amides is 1. The van der Waals surface area contributed by atoms with Crippen molar-refractivity contribution < 1.29 is 4.79 Å². The molecular formula is C11H14ClN3O. The third-order valence-electron chi connectivity index (χ3n) is 2.70. The van der Waals surface area contributed by atoms with Gasteiger partial charge in [-0.15, -0.1) is 0 Å². The second-order valence-electron chi connectivity index (χ2n) is 3.99. The first kappa shape index (κ1) is 11.4. The highest BCUT2D eigenvalue weighted by Gasteiger charge is 2.20. The van der Waals surface area contributed by atoms with E-state index in [-0.39, 0.29) is 5.91 Å². The number of carbonyl (C=O) groups is 1. The van der Waals surface area contributed by atoms with Crippen LogP contribution in [0, 0.1) is 0 Å². The van der Waals surface area contributed by atoms with E-state index in [1.54, 1.807) is 17.2 Å². The van der Waals surface area contributed by atoms with Crippen LogP contribution in [0.5, 0.6) is 0 Å². The average molecular weight is 240 g/mol. The molecule has 1 aromatic heterocycles. The average Bonchev–Trinajstić information content (AvgIpc) is 2.24. The molecule has 1 aromatic rings. The smallest absolute Gasteiger partial charge is 0.236 e. The Hall–Kier alpha value is -1.13. The van der Waals surface area contributed by atoms with Crippen molar-refractivity contribution in [3.63, 3.8) is 0 Å². The molecule has 1 aliphatic rings. The first-order valence-corrected chi connectivity index (χ1v) is 5.60. The van der Waals surface area contributed by atoms with Crippen molar-refractivity contribution in [2.24, 2.45) is 0 Å². The molecule has 0 aliphatic carbocycles. The largest absolute Gasteiger partial charge is 0.343 e. The Morgan fingerprint density at radius 2 is 2.31 bits per heavy atom. The lowest BCUT2D eigenvalue weighted by atomic mass is 10.2. The van der Waals surface area contributed by atoms with Gasteiger partial charge in [0, 0.05) is 37.9 Å². The molecule has 0 radical (unpaired) electrons. The highest BCUT2D eigenvalue weighted by atomic mass is 35.5. The van der Waals surface area contributed by atoms with Crippen LogP contribution in [0.25, 0.3) is 0 Å². The van der Waals surface area contributed by atoms with E-state index in [1.165, 1.54) is 0 Å². The van der Waals surface area contributed by atoms with Crippen molar-refractivity contribution in [2.75, 3.05) is 26.7 Å². The summed E-state index contributed by atoms with van der Waals surface area (Å²) in [7, 11) is 1.83. The monoisotopic (exact) mass is 239 g/mol. The number of rotatable bonds is 2. The van der Waals surface area contributed by atoms with Crippen LogP contribution >= 0.6 is 11.6 Å². The molecule has 4 nitrogen and oxygen atoms in total. The summed E-state index contributed by atoms with van der Waals surface area (Å²) in [6.45, 7) is 2.81. The highest BCUT2D eigenvalue weighted by Crippen LogP contribution is 2.11. The molecule has 1 fully saturated rings.